The molecule has 0 N–H and O–H groups in total. The summed E-state index contributed by atoms with van der Waals surface area (Å²) in [6.45, 7) is 7.78. The van der Waals surface area contributed by atoms with Gasteiger partial charge in [0.1, 0.15) is 11.5 Å². The number of ketones is 1. The molecule has 1 amide bonds. The summed E-state index contributed by atoms with van der Waals surface area (Å²) in [6, 6.07) is 5.95. The number of allylic oxidation sites excluding steroid dienone is 2. The highest BCUT2D eigenvalue weighted by atomic mass is 35.5. The van der Waals surface area contributed by atoms with Crippen molar-refractivity contribution in [2.75, 3.05) is 18.9 Å². The molecule has 4 rings (SSSR count). The largest absolute Gasteiger partial charge is 0.496 e. The summed E-state index contributed by atoms with van der Waals surface area (Å²) in [5, 5.41) is 0.734. The number of carbonyl (C=O) groups is 2. The van der Waals surface area contributed by atoms with E-state index < -0.39 is 16.5 Å². The molecule has 6 nitrogen and oxygen atoms in total. The van der Waals surface area contributed by atoms with E-state index in [1.807, 2.05) is 26.0 Å². The van der Waals surface area contributed by atoms with Crippen molar-refractivity contribution in [2.24, 2.45) is 22.1 Å². The number of rotatable bonds is 7. The first kappa shape index (κ1) is 29.0. The Kier molecular flexibility index (Phi) is 10.2. The first-order valence-electron chi connectivity index (χ1n) is 13.9. The molecule has 1 heterocycles. The van der Waals surface area contributed by atoms with E-state index in [0.717, 1.165) is 55.9 Å². The maximum absolute atomic E-state index is 13.1. The summed E-state index contributed by atoms with van der Waals surface area (Å²) in [7, 11) is -1.54. The second-order valence-corrected chi connectivity index (χ2v) is 12.7. The second-order valence-electron chi connectivity index (χ2n) is 11.1. The van der Waals surface area contributed by atoms with Crippen LogP contribution in [0, 0.1) is 17.8 Å². The Balaban J connectivity index is 1.64. The van der Waals surface area contributed by atoms with Gasteiger partial charge in [0.05, 0.1) is 12.6 Å². The summed E-state index contributed by atoms with van der Waals surface area (Å²) in [5.41, 5.74) is 3.01. The monoisotopic (exact) mass is 559 g/mol. The minimum absolute atomic E-state index is 0.0874. The van der Waals surface area contributed by atoms with Crippen molar-refractivity contribution in [1.82, 2.24) is 4.90 Å². The van der Waals surface area contributed by atoms with Crippen molar-refractivity contribution < 1.29 is 18.5 Å². The van der Waals surface area contributed by atoms with E-state index in [-0.39, 0.29) is 29.6 Å². The van der Waals surface area contributed by atoms with E-state index in [9.17, 15) is 13.8 Å². The molecule has 8 heteroatoms. The molecule has 1 fully saturated rings. The normalized spacial score (nSPS) is 25.8. The van der Waals surface area contributed by atoms with Gasteiger partial charge in [-0.25, -0.2) is 0 Å². The quantitative estimate of drug-likeness (QED) is 0.361. The van der Waals surface area contributed by atoms with Crippen molar-refractivity contribution in [3.63, 3.8) is 0 Å². The third-order valence-electron chi connectivity index (χ3n) is 8.27. The van der Waals surface area contributed by atoms with Crippen LogP contribution in [-0.2, 0) is 42.1 Å². The van der Waals surface area contributed by atoms with E-state index in [4.69, 9.17) is 16.3 Å². The Hall–Kier alpha value is -1.96. The van der Waals surface area contributed by atoms with Crippen LogP contribution in [-0.4, -0.2) is 41.5 Å². The van der Waals surface area contributed by atoms with Gasteiger partial charge in [-0.3, -0.25) is 14.5 Å². The zero-order valence-corrected chi connectivity index (χ0v) is 24.4. The van der Waals surface area contributed by atoms with E-state index in [1.54, 1.807) is 13.0 Å². The molecule has 1 aromatic rings. The van der Waals surface area contributed by atoms with E-state index in [2.05, 4.69) is 21.4 Å². The Morgan fingerprint density at radius 2 is 2.03 bits per heavy atom. The lowest BCUT2D eigenvalue weighted by molar-refractivity contribution is -0.126. The van der Waals surface area contributed by atoms with Crippen molar-refractivity contribution >= 4 is 33.9 Å². The Labute approximate surface area is 234 Å². The van der Waals surface area contributed by atoms with Crippen molar-refractivity contribution in [1.29, 1.82) is 0 Å². The number of aryl methyl sites for hydroxylation is 1. The molecule has 1 aliphatic heterocycles. The number of carbonyl (C=O) groups excluding carboxylic acids is 2. The lowest BCUT2D eigenvalue weighted by Crippen LogP contribution is -2.46. The van der Waals surface area contributed by atoms with Crippen LogP contribution in [0.3, 0.4) is 0 Å². The third kappa shape index (κ3) is 7.36. The highest BCUT2D eigenvalue weighted by molar-refractivity contribution is 7.75. The summed E-state index contributed by atoms with van der Waals surface area (Å²) in [4.78, 5) is 27.7. The molecule has 0 radical (unpaired) electrons. The van der Waals surface area contributed by atoms with E-state index >= 15 is 0 Å². The Morgan fingerprint density at radius 1 is 1.21 bits per heavy atom. The van der Waals surface area contributed by atoms with Gasteiger partial charge < -0.3 is 13.3 Å². The molecule has 0 bridgehead atoms. The lowest BCUT2D eigenvalue weighted by atomic mass is 9.71. The molecule has 38 heavy (non-hydrogen) atoms. The molecule has 1 aromatic carbocycles. The molecule has 1 saturated carbocycles. The maximum atomic E-state index is 13.1. The third-order valence-corrected chi connectivity index (χ3v) is 9.73. The summed E-state index contributed by atoms with van der Waals surface area (Å²) < 4.78 is 22.8. The average Bonchev–Trinajstić information content (AvgIpc) is 2.88. The van der Waals surface area contributed by atoms with Gasteiger partial charge in [0, 0.05) is 36.0 Å². The molecule has 3 aliphatic rings. The summed E-state index contributed by atoms with van der Waals surface area (Å²) in [5.74, 6) is 1.70. The zero-order valence-electron chi connectivity index (χ0n) is 22.8. The average molecular weight is 560 g/mol. The number of fused-ring (bicyclic) bond motifs is 2. The SMILES string of the molecule is CC[C@H](C)C[S-](=O)=NC(=O)C1=CC=C2OCCCCc3cc(Cl)ccc3CN(C[C@@H]3CC[C@H]3C(C)=O)C2C1. The maximum Gasteiger partial charge on any atom is 0.249 e. The first-order chi connectivity index (χ1) is 18.2. The number of Topliss-reactive ketones (excluding diaryl/α,β-unsaturated/α-hetero) is 1. The highest BCUT2D eigenvalue weighted by Gasteiger charge is 2.38. The van der Waals surface area contributed by atoms with Gasteiger partial charge in [-0.2, -0.15) is 10.6 Å². The van der Waals surface area contributed by atoms with Crippen molar-refractivity contribution in [2.45, 2.75) is 78.3 Å². The fraction of sp³-hybridized carbons (Fsp3) is 0.600. The molecule has 0 saturated heterocycles. The molecular weight excluding hydrogens is 520 g/mol. The van der Waals surface area contributed by atoms with Gasteiger partial charge in [0.2, 0.25) is 5.91 Å². The number of hydrogen-bond acceptors (Lipinski definition) is 6. The standard InChI is InChI=1S/C30H40ClN2O4S/c1-4-20(2)19-38(36)32-30(35)23-10-13-29-28(16-23)33(18-25-9-12-27(25)21(3)34)17-24-8-11-26(31)15-22(24)7-5-6-14-37-29/h8,10-11,13,15,20,25,27-28H,4-7,9,12,14,16-19H2,1-3H3/q-1/t20-,25-,27-,28?/m0/s1. The molecule has 1 unspecified atom stereocenters. The molecule has 2 aliphatic carbocycles. The van der Waals surface area contributed by atoms with Crippen LogP contribution in [0.15, 0.2) is 46.0 Å². The zero-order chi connectivity index (χ0) is 27.2. The molecular formula is C30H40ClN2O4S-. The van der Waals surface area contributed by atoms with Gasteiger partial charge in [-0.1, -0.05) is 55.7 Å². The van der Waals surface area contributed by atoms with Crippen molar-refractivity contribution in [3.05, 3.63) is 57.8 Å². The molecule has 0 spiro atoms. The number of amides is 1. The van der Waals surface area contributed by atoms with Crippen LogP contribution in [0.2, 0.25) is 5.02 Å². The Bertz CT molecular complexity index is 1190. The van der Waals surface area contributed by atoms with Crippen LogP contribution in [0.4, 0.5) is 0 Å². The second kappa shape index (κ2) is 13.4. The molecule has 208 valence electrons. The van der Waals surface area contributed by atoms with E-state index in [0.29, 0.717) is 30.9 Å². The summed E-state index contributed by atoms with van der Waals surface area (Å²) >= 11 is 6.36. The predicted octanol–water partition coefficient (Wildman–Crippen LogP) is 6.41. The van der Waals surface area contributed by atoms with Gasteiger partial charge >= 0.3 is 0 Å². The van der Waals surface area contributed by atoms with Crippen LogP contribution in [0.1, 0.15) is 70.4 Å². The van der Waals surface area contributed by atoms with Gasteiger partial charge in [-0.15, -0.1) is 0 Å². The van der Waals surface area contributed by atoms with Gasteiger partial charge in [0.15, 0.2) is 0 Å². The van der Waals surface area contributed by atoms with Gasteiger partial charge in [-0.05, 0) is 74.3 Å². The number of hydrogen-bond donors (Lipinski definition) is 0. The minimum Gasteiger partial charge on any atom is -0.496 e. The minimum atomic E-state index is -1.54. The van der Waals surface area contributed by atoms with Crippen LogP contribution in [0.25, 0.3) is 0 Å². The molecule has 4 atom stereocenters. The topological polar surface area (TPSA) is 76.0 Å². The number of benzene rings is 1. The smallest absolute Gasteiger partial charge is 0.249 e. The fourth-order valence-electron chi connectivity index (χ4n) is 5.57. The number of nitrogens with zero attached hydrogens (tertiary/aromatic N) is 2. The first-order valence-corrected chi connectivity index (χ1v) is 15.6. The fourth-order valence-corrected chi connectivity index (χ4v) is 6.86. The highest BCUT2D eigenvalue weighted by Crippen LogP contribution is 2.38. The van der Waals surface area contributed by atoms with E-state index in [1.165, 1.54) is 11.1 Å². The van der Waals surface area contributed by atoms with Crippen LogP contribution in [0.5, 0.6) is 0 Å². The summed E-state index contributed by atoms with van der Waals surface area (Å²) in [6.07, 6.45) is 9.82. The molecule has 0 aromatic heterocycles. The predicted molar refractivity (Wildman–Crippen MR) is 152 cm³/mol. The number of ether oxygens (including phenoxy) is 1. The van der Waals surface area contributed by atoms with Crippen LogP contribution >= 0.6 is 11.6 Å². The Morgan fingerprint density at radius 3 is 2.74 bits per heavy atom. The lowest BCUT2D eigenvalue weighted by Gasteiger charge is -2.42. The number of halogens is 1. The van der Waals surface area contributed by atoms with Crippen molar-refractivity contribution in [3.8, 4) is 0 Å². The van der Waals surface area contributed by atoms with Gasteiger partial charge in [0.25, 0.3) is 0 Å². The van der Waals surface area contributed by atoms with Crippen LogP contribution < -0.4 is 0 Å².